The normalized spacial score (nSPS) is 14.4. The number of rotatable bonds is 20. The average molecular weight is 960 g/mol. The van der Waals surface area contributed by atoms with Crippen LogP contribution in [-0.2, 0) is 32.3 Å². The van der Waals surface area contributed by atoms with E-state index in [2.05, 4.69) is 52.3 Å². The van der Waals surface area contributed by atoms with Crippen LogP contribution in [0.1, 0.15) is 75.3 Å². The maximum atomic E-state index is 14.2. The summed E-state index contributed by atoms with van der Waals surface area (Å²) >= 11 is 11.5. The van der Waals surface area contributed by atoms with Crippen molar-refractivity contribution in [2.45, 2.75) is 77.4 Å². The number of methoxy groups -OCH3 is 2. The number of alkyl carbamates (subject to hydrolysis) is 2. The third-order valence-electron chi connectivity index (χ3n) is 10.9. The number of anilines is 2. The minimum absolute atomic E-state index is 0.0774. The lowest BCUT2D eigenvalue weighted by atomic mass is 9.92. The molecule has 356 valence electrons. The molecule has 2 aliphatic rings. The lowest BCUT2D eigenvalue weighted by molar-refractivity contribution is -0.125. The van der Waals surface area contributed by atoms with Crippen LogP contribution in [-0.4, -0.2) is 71.2 Å². The highest BCUT2D eigenvalue weighted by Gasteiger charge is 2.28. The fraction of sp³-hybridized carbons (Fsp3) is 0.455. The van der Waals surface area contributed by atoms with Gasteiger partial charge in [0.15, 0.2) is 21.9 Å². The molecule has 4 amide bonds. The van der Waals surface area contributed by atoms with Crippen molar-refractivity contribution in [3.8, 4) is 12.0 Å². The SMILES string of the molecule is COc1nc(Cl)c(F)c(NNC(=O)[C@@H](CNC(=O)OCc2ccccc2)CC2CCCC2)n1.COc1nc(Cl)c(F)c(NNC(=O)[C@@H](CNC(=O)OCc2ccccc2)CC2CCCC2)n1. The number of aromatic nitrogens is 4. The molecular weight excluding hydrogens is 905 g/mol. The monoisotopic (exact) mass is 958 g/mol. The second kappa shape index (κ2) is 26.6. The van der Waals surface area contributed by atoms with Gasteiger partial charge in [-0.2, -0.15) is 28.7 Å². The summed E-state index contributed by atoms with van der Waals surface area (Å²) in [6.45, 7) is 0.411. The van der Waals surface area contributed by atoms with Gasteiger partial charge < -0.3 is 29.6 Å². The first kappa shape index (κ1) is 50.7. The van der Waals surface area contributed by atoms with Gasteiger partial charge in [0.2, 0.25) is 23.4 Å². The molecule has 18 nitrogen and oxygen atoms in total. The highest BCUT2D eigenvalue weighted by atomic mass is 35.5. The molecule has 6 N–H and O–H groups in total. The van der Waals surface area contributed by atoms with Gasteiger partial charge in [-0.25, -0.2) is 9.59 Å². The Balaban J connectivity index is 0.000000247. The Bertz CT molecular complexity index is 2040. The van der Waals surface area contributed by atoms with E-state index in [1.807, 2.05) is 60.7 Å². The first-order valence-corrected chi connectivity index (χ1v) is 22.2. The predicted octanol–water partition coefficient (Wildman–Crippen LogP) is 7.69. The molecule has 2 aromatic carbocycles. The van der Waals surface area contributed by atoms with Crippen LogP contribution in [0.25, 0.3) is 0 Å². The summed E-state index contributed by atoms with van der Waals surface area (Å²) < 4.78 is 48.5. The molecule has 0 unspecified atom stereocenters. The number of benzene rings is 2. The predicted molar refractivity (Wildman–Crippen MR) is 240 cm³/mol. The summed E-state index contributed by atoms with van der Waals surface area (Å²) in [5.74, 6) is -3.66. The second-order valence-corrected chi connectivity index (χ2v) is 16.3. The summed E-state index contributed by atoms with van der Waals surface area (Å²) in [5, 5.41) is 4.43. The van der Waals surface area contributed by atoms with Crippen molar-refractivity contribution >= 4 is 58.8 Å². The topological polar surface area (TPSA) is 229 Å². The van der Waals surface area contributed by atoms with Crippen molar-refractivity contribution in [3.05, 3.63) is 93.7 Å². The van der Waals surface area contributed by atoms with E-state index in [0.29, 0.717) is 24.7 Å². The molecule has 0 bridgehead atoms. The average Bonchev–Trinajstić information content (AvgIpc) is 4.07. The summed E-state index contributed by atoms with van der Waals surface area (Å²) in [4.78, 5) is 64.8. The van der Waals surface area contributed by atoms with Gasteiger partial charge in [0, 0.05) is 13.1 Å². The standard InChI is InChI=1S/2C22H27ClFN5O4/c2*1-32-21-26-18(23)17(24)19(27-21)28-29-20(30)16(11-14-7-5-6-8-14)12-25-22(31)33-13-15-9-3-2-4-10-15/h2*2-4,9-10,14,16H,5-8,11-13H2,1H3,(H,25,31)(H,29,30)(H,26,27,28)/t2*16-/m11/s1. The molecule has 0 spiro atoms. The van der Waals surface area contributed by atoms with Gasteiger partial charge in [-0.1, -0.05) is 135 Å². The lowest BCUT2D eigenvalue weighted by Gasteiger charge is -2.21. The van der Waals surface area contributed by atoms with Gasteiger partial charge in [-0.05, 0) is 35.8 Å². The smallest absolute Gasteiger partial charge is 0.407 e. The van der Waals surface area contributed by atoms with E-state index in [9.17, 15) is 28.0 Å². The zero-order valence-electron chi connectivity index (χ0n) is 36.5. The van der Waals surface area contributed by atoms with Gasteiger partial charge in [0.1, 0.15) is 13.2 Å². The number of carbonyl (C=O) groups excluding carboxylic acids is 4. The van der Waals surface area contributed by atoms with Crippen molar-refractivity contribution in [2.75, 3.05) is 38.2 Å². The van der Waals surface area contributed by atoms with E-state index in [1.54, 1.807) is 0 Å². The van der Waals surface area contributed by atoms with Gasteiger partial charge in [0.25, 0.3) is 0 Å². The number of amides is 4. The molecule has 0 radical (unpaired) electrons. The second-order valence-electron chi connectivity index (χ2n) is 15.6. The Morgan fingerprint density at radius 3 is 1.32 bits per heavy atom. The zero-order chi connectivity index (χ0) is 47.3. The van der Waals surface area contributed by atoms with E-state index in [-0.39, 0.29) is 50.0 Å². The molecule has 2 aliphatic carbocycles. The molecule has 2 heterocycles. The minimum atomic E-state index is -0.923. The highest BCUT2D eigenvalue weighted by molar-refractivity contribution is 6.30. The molecule has 4 aromatic rings. The molecule has 2 atom stereocenters. The number of ether oxygens (including phenoxy) is 4. The maximum Gasteiger partial charge on any atom is 0.407 e. The zero-order valence-corrected chi connectivity index (χ0v) is 38.1. The van der Waals surface area contributed by atoms with Crippen molar-refractivity contribution in [2.24, 2.45) is 23.7 Å². The quantitative estimate of drug-likeness (QED) is 0.0369. The molecule has 0 aliphatic heterocycles. The van der Waals surface area contributed by atoms with Gasteiger partial charge >= 0.3 is 24.2 Å². The van der Waals surface area contributed by atoms with Crippen LogP contribution in [0.5, 0.6) is 12.0 Å². The van der Waals surface area contributed by atoms with Crippen molar-refractivity contribution in [1.82, 2.24) is 41.4 Å². The molecule has 22 heteroatoms. The molecule has 0 saturated heterocycles. The number of hydrogen-bond donors (Lipinski definition) is 6. The Morgan fingerprint density at radius 2 is 0.970 bits per heavy atom. The molecule has 2 saturated carbocycles. The number of nitrogens with zero attached hydrogens (tertiary/aromatic N) is 4. The summed E-state index contributed by atoms with van der Waals surface area (Å²) in [6, 6.07) is 18.3. The minimum Gasteiger partial charge on any atom is -0.467 e. The van der Waals surface area contributed by atoms with Crippen LogP contribution in [0.15, 0.2) is 60.7 Å². The van der Waals surface area contributed by atoms with E-state index in [4.69, 9.17) is 42.1 Å². The summed E-state index contributed by atoms with van der Waals surface area (Å²) in [5.41, 5.74) is 11.5. The fourth-order valence-electron chi connectivity index (χ4n) is 7.42. The van der Waals surface area contributed by atoms with E-state index in [1.165, 1.54) is 14.2 Å². The Morgan fingerprint density at radius 1 is 0.606 bits per heavy atom. The van der Waals surface area contributed by atoms with Crippen LogP contribution in [0.2, 0.25) is 10.3 Å². The maximum absolute atomic E-state index is 14.2. The summed E-state index contributed by atoms with van der Waals surface area (Å²) in [7, 11) is 2.62. The molecular formula is C44H54Cl2F2N10O8. The first-order chi connectivity index (χ1) is 31.9. The number of hydrogen-bond acceptors (Lipinski definition) is 14. The Kier molecular flexibility index (Phi) is 20.5. The molecule has 2 aromatic heterocycles. The van der Waals surface area contributed by atoms with E-state index < -0.39 is 57.8 Å². The number of nitrogens with one attached hydrogen (secondary N) is 6. The fourth-order valence-corrected chi connectivity index (χ4v) is 7.74. The Labute approximate surface area is 391 Å². The van der Waals surface area contributed by atoms with Crippen LogP contribution in [0.3, 0.4) is 0 Å². The van der Waals surface area contributed by atoms with Crippen molar-refractivity contribution < 1.29 is 46.9 Å². The van der Waals surface area contributed by atoms with Gasteiger partial charge in [-0.3, -0.25) is 31.3 Å². The van der Waals surface area contributed by atoms with Crippen LogP contribution in [0, 0.1) is 35.3 Å². The number of carbonyl (C=O) groups is 4. The largest absolute Gasteiger partial charge is 0.467 e. The molecule has 6 rings (SSSR count). The van der Waals surface area contributed by atoms with Crippen molar-refractivity contribution in [3.63, 3.8) is 0 Å². The van der Waals surface area contributed by atoms with E-state index in [0.717, 1.165) is 62.5 Å². The first-order valence-electron chi connectivity index (χ1n) is 21.5. The number of hydrazine groups is 2. The lowest BCUT2D eigenvalue weighted by Crippen LogP contribution is -2.42. The third-order valence-corrected chi connectivity index (χ3v) is 11.4. The molecule has 66 heavy (non-hydrogen) atoms. The van der Waals surface area contributed by atoms with Gasteiger partial charge in [-0.15, -0.1) is 0 Å². The van der Waals surface area contributed by atoms with Crippen molar-refractivity contribution in [1.29, 1.82) is 0 Å². The van der Waals surface area contributed by atoms with Crippen LogP contribution >= 0.6 is 23.2 Å². The summed E-state index contributed by atoms with van der Waals surface area (Å²) in [6.07, 6.45) is 8.54. The number of halogens is 4. The highest BCUT2D eigenvalue weighted by Crippen LogP contribution is 2.32. The molecule has 2 fully saturated rings. The Hall–Kier alpha value is -6.28. The van der Waals surface area contributed by atoms with E-state index >= 15 is 0 Å². The van der Waals surface area contributed by atoms with Gasteiger partial charge in [0.05, 0.1) is 26.1 Å². The third kappa shape index (κ3) is 16.6. The van der Waals surface area contributed by atoms with Crippen LogP contribution in [0.4, 0.5) is 30.0 Å². The van der Waals surface area contributed by atoms with Crippen LogP contribution < -0.4 is 41.8 Å².